The Bertz CT molecular complexity index is 748. The Morgan fingerprint density at radius 3 is 2.74 bits per heavy atom. The van der Waals surface area contributed by atoms with E-state index in [-0.39, 0.29) is 11.6 Å². The topological polar surface area (TPSA) is 68.5 Å². The molecule has 1 aromatic carbocycles. The maximum absolute atomic E-state index is 12.8. The molecule has 1 saturated heterocycles. The molecule has 1 aliphatic heterocycles. The van der Waals surface area contributed by atoms with Gasteiger partial charge in [0.25, 0.3) is 0 Å². The Balaban J connectivity index is 1.86. The summed E-state index contributed by atoms with van der Waals surface area (Å²) in [6.07, 6.45) is -4.96. The molecule has 2 aromatic rings. The highest BCUT2D eigenvalue weighted by Gasteiger charge is 2.31. The number of rotatable bonds is 2. The first-order valence-electron chi connectivity index (χ1n) is 7.02. The van der Waals surface area contributed by atoms with E-state index in [4.69, 9.17) is 10.5 Å². The summed E-state index contributed by atoms with van der Waals surface area (Å²) in [4.78, 5) is 16.9. The van der Waals surface area contributed by atoms with Crippen molar-refractivity contribution in [2.75, 3.05) is 18.0 Å². The van der Waals surface area contributed by atoms with Gasteiger partial charge < -0.3 is 15.4 Å². The van der Waals surface area contributed by atoms with Crippen LogP contribution in [0.2, 0.25) is 0 Å². The minimum absolute atomic E-state index is 0.275. The Morgan fingerprint density at radius 1 is 1.30 bits per heavy atom. The van der Waals surface area contributed by atoms with Gasteiger partial charge in [-0.05, 0) is 24.3 Å². The van der Waals surface area contributed by atoms with Crippen molar-refractivity contribution >= 4 is 22.8 Å². The SMILES string of the molecule is NC(=O)OC1CCN(c2ccc3ccc(C(F)(F)F)cc3n2)C1. The van der Waals surface area contributed by atoms with Crippen LogP contribution in [-0.4, -0.2) is 30.3 Å². The van der Waals surface area contributed by atoms with Gasteiger partial charge in [0, 0.05) is 18.4 Å². The first-order chi connectivity index (χ1) is 10.8. The molecule has 122 valence electrons. The lowest BCUT2D eigenvalue weighted by Crippen LogP contribution is -2.27. The highest BCUT2D eigenvalue weighted by molar-refractivity contribution is 5.81. The molecule has 3 rings (SSSR count). The molecular formula is C15H14F3N3O2. The van der Waals surface area contributed by atoms with E-state index in [1.807, 2.05) is 4.90 Å². The third-order valence-corrected chi connectivity index (χ3v) is 3.76. The summed E-state index contributed by atoms with van der Waals surface area (Å²) in [5, 5.41) is 0.630. The lowest BCUT2D eigenvalue weighted by molar-refractivity contribution is -0.137. The average molecular weight is 325 g/mol. The summed E-state index contributed by atoms with van der Waals surface area (Å²) in [6, 6.07) is 6.93. The van der Waals surface area contributed by atoms with E-state index in [1.54, 1.807) is 12.1 Å². The Kier molecular flexibility index (Phi) is 3.75. The van der Waals surface area contributed by atoms with Crippen LogP contribution in [0.5, 0.6) is 0 Å². The van der Waals surface area contributed by atoms with Crippen LogP contribution in [0.3, 0.4) is 0 Å². The van der Waals surface area contributed by atoms with E-state index in [9.17, 15) is 18.0 Å². The number of fused-ring (bicyclic) bond motifs is 1. The zero-order chi connectivity index (χ0) is 16.6. The zero-order valence-corrected chi connectivity index (χ0v) is 12.0. The number of carbonyl (C=O) groups is 1. The monoisotopic (exact) mass is 325 g/mol. The van der Waals surface area contributed by atoms with E-state index in [2.05, 4.69) is 4.98 Å². The molecule has 1 aliphatic rings. The van der Waals surface area contributed by atoms with Gasteiger partial charge in [0.2, 0.25) is 0 Å². The number of ether oxygens (including phenoxy) is 1. The number of alkyl halides is 3. The first kappa shape index (κ1) is 15.4. The van der Waals surface area contributed by atoms with Crippen LogP contribution in [0.15, 0.2) is 30.3 Å². The molecule has 0 saturated carbocycles. The highest BCUT2D eigenvalue weighted by Crippen LogP contribution is 2.32. The molecule has 1 atom stereocenters. The number of hydrogen-bond donors (Lipinski definition) is 1. The average Bonchev–Trinajstić information content (AvgIpc) is 2.93. The number of carbonyl (C=O) groups excluding carboxylic acids is 1. The van der Waals surface area contributed by atoms with Crippen molar-refractivity contribution < 1.29 is 22.7 Å². The van der Waals surface area contributed by atoms with Gasteiger partial charge in [0.1, 0.15) is 11.9 Å². The van der Waals surface area contributed by atoms with Gasteiger partial charge >= 0.3 is 12.3 Å². The number of halogens is 3. The van der Waals surface area contributed by atoms with Crippen LogP contribution in [0.25, 0.3) is 10.9 Å². The molecule has 0 bridgehead atoms. The summed E-state index contributed by atoms with van der Waals surface area (Å²) in [7, 11) is 0. The van der Waals surface area contributed by atoms with Crippen molar-refractivity contribution in [2.24, 2.45) is 5.73 Å². The van der Waals surface area contributed by atoms with Gasteiger partial charge in [-0.15, -0.1) is 0 Å². The van der Waals surface area contributed by atoms with Crippen molar-refractivity contribution in [3.05, 3.63) is 35.9 Å². The van der Waals surface area contributed by atoms with E-state index in [0.29, 0.717) is 30.7 Å². The predicted octanol–water partition coefficient (Wildman–Crippen LogP) is 2.93. The fourth-order valence-electron chi connectivity index (χ4n) is 2.66. The molecule has 8 heteroatoms. The minimum atomic E-state index is -4.40. The van der Waals surface area contributed by atoms with Gasteiger partial charge in [-0.2, -0.15) is 13.2 Å². The summed E-state index contributed by atoms with van der Waals surface area (Å²) >= 11 is 0. The Labute approximate surface area is 129 Å². The number of benzene rings is 1. The standard InChI is InChI=1S/C15H14F3N3O2/c16-15(17,18)10-3-1-9-2-4-13(20-12(9)7-10)21-6-5-11(8-21)23-14(19)22/h1-4,7,11H,5-6,8H2,(H2,19,22). The van der Waals surface area contributed by atoms with Crippen LogP contribution < -0.4 is 10.6 Å². The number of nitrogens with zero attached hydrogens (tertiary/aromatic N) is 2. The molecule has 1 aromatic heterocycles. The van der Waals surface area contributed by atoms with Crippen LogP contribution in [0.4, 0.5) is 23.8 Å². The van der Waals surface area contributed by atoms with Gasteiger partial charge in [-0.25, -0.2) is 9.78 Å². The largest absolute Gasteiger partial charge is 0.444 e. The second kappa shape index (κ2) is 5.60. The number of nitrogens with two attached hydrogens (primary N) is 1. The fourth-order valence-corrected chi connectivity index (χ4v) is 2.66. The van der Waals surface area contributed by atoms with Crippen molar-refractivity contribution in [3.63, 3.8) is 0 Å². The van der Waals surface area contributed by atoms with Crippen molar-refractivity contribution in [1.82, 2.24) is 4.98 Å². The lowest BCUT2D eigenvalue weighted by Gasteiger charge is -2.18. The molecule has 1 fully saturated rings. The molecule has 0 radical (unpaired) electrons. The van der Waals surface area contributed by atoms with E-state index in [0.717, 1.165) is 12.1 Å². The molecule has 5 nitrogen and oxygen atoms in total. The third-order valence-electron chi connectivity index (χ3n) is 3.76. The number of pyridine rings is 1. The summed E-state index contributed by atoms with van der Waals surface area (Å²) in [5.74, 6) is 0.549. The summed E-state index contributed by atoms with van der Waals surface area (Å²) in [5.41, 5.74) is 4.53. The molecule has 1 amide bonds. The Morgan fingerprint density at radius 2 is 2.04 bits per heavy atom. The molecule has 23 heavy (non-hydrogen) atoms. The van der Waals surface area contributed by atoms with Gasteiger partial charge in [-0.1, -0.05) is 6.07 Å². The van der Waals surface area contributed by atoms with Crippen LogP contribution in [0, 0.1) is 0 Å². The smallest absolute Gasteiger partial charge is 0.416 e. The maximum Gasteiger partial charge on any atom is 0.416 e. The van der Waals surface area contributed by atoms with Gasteiger partial charge in [0.05, 0.1) is 17.6 Å². The van der Waals surface area contributed by atoms with E-state index >= 15 is 0 Å². The van der Waals surface area contributed by atoms with Crippen LogP contribution in [-0.2, 0) is 10.9 Å². The molecule has 0 aliphatic carbocycles. The molecule has 1 unspecified atom stereocenters. The summed E-state index contributed by atoms with van der Waals surface area (Å²) in [6.45, 7) is 1.01. The van der Waals surface area contributed by atoms with Crippen LogP contribution in [0.1, 0.15) is 12.0 Å². The quantitative estimate of drug-likeness (QED) is 0.922. The van der Waals surface area contributed by atoms with Crippen molar-refractivity contribution in [1.29, 1.82) is 0 Å². The number of amides is 1. The lowest BCUT2D eigenvalue weighted by atomic mass is 10.1. The molecular weight excluding hydrogens is 311 g/mol. The number of hydrogen-bond acceptors (Lipinski definition) is 4. The number of anilines is 1. The van der Waals surface area contributed by atoms with Crippen LogP contribution >= 0.6 is 0 Å². The fraction of sp³-hybridized carbons (Fsp3) is 0.333. The maximum atomic E-state index is 12.8. The number of aromatic nitrogens is 1. The van der Waals surface area contributed by atoms with Crippen molar-refractivity contribution in [2.45, 2.75) is 18.7 Å². The Hall–Kier alpha value is -2.51. The second-order valence-electron chi connectivity index (χ2n) is 5.37. The first-order valence-corrected chi connectivity index (χ1v) is 7.02. The van der Waals surface area contributed by atoms with Gasteiger partial charge in [0.15, 0.2) is 0 Å². The third kappa shape index (κ3) is 3.30. The van der Waals surface area contributed by atoms with E-state index < -0.39 is 17.8 Å². The molecule has 0 spiro atoms. The summed E-state index contributed by atoms with van der Waals surface area (Å²) < 4.78 is 43.3. The number of primary amides is 1. The van der Waals surface area contributed by atoms with Gasteiger partial charge in [-0.3, -0.25) is 0 Å². The molecule has 2 N–H and O–H groups in total. The normalized spacial score (nSPS) is 18.4. The van der Waals surface area contributed by atoms with E-state index in [1.165, 1.54) is 6.07 Å². The van der Waals surface area contributed by atoms with Crippen molar-refractivity contribution in [3.8, 4) is 0 Å². The minimum Gasteiger partial charge on any atom is -0.444 e. The highest BCUT2D eigenvalue weighted by atomic mass is 19.4. The molecule has 2 heterocycles. The zero-order valence-electron chi connectivity index (χ0n) is 12.0. The predicted molar refractivity (Wildman–Crippen MR) is 78.0 cm³/mol. The second-order valence-corrected chi connectivity index (χ2v) is 5.37.